The molecule has 0 aromatic rings. The van der Waals surface area contributed by atoms with Crippen LogP contribution in [0, 0.1) is 23.7 Å². The first kappa shape index (κ1) is 83.4. The van der Waals surface area contributed by atoms with E-state index in [4.69, 9.17) is 0 Å². The molecule has 1 aliphatic carbocycles. The number of carbonyl (C=O) groups is 1. The lowest BCUT2D eigenvalue weighted by Gasteiger charge is -2.19. The van der Waals surface area contributed by atoms with Gasteiger partial charge in [-0.05, 0) is 49.9 Å². The van der Waals surface area contributed by atoms with E-state index in [9.17, 15) is 20.1 Å². The summed E-state index contributed by atoms with van der Waals surface area (Å²) in [5.41, 5.74) is 0. The van der Waals surface area contributed by atoms with E-state index in [0.717, 1.165) is 43.9 Å². The van der Waals surface area contributed by atoms with Crippen LogP contribution in [0.3, 0.4) is 0 Å². The van der Waals surface area contributed by atoms with Gasteiger partial charge < -0.3 is 15.3 Å². The number of carboxylic acids is 1. The lowest BCUT2D eigenvalue weighted by atomic mass is 9.91. The first-order chi connectivity index (χ1) is 42.4. The highest BCUT2D eigenvalue weighted by Gasteiger charge is 2.35. The summed E-state index contributed by atoms with van der Waals surface area (Å²) in [5, 5.41) is 31.3. The highest BCUT2D eigenvalue weighted by Crippen LogP contribution is 2.46. The molecule has 86 heavy (non-hydrogen) atoms. The Morgan fingerprint density at radius 1 is 0.267 bits per heavy atom. The summed E-state index contributed by atoms with van der Waals surface area (Å²) in [6, 6.07) is 0. The third-order valence-electron chi connectivity index (χ3n) is 21.3. The number of aliphatic hydroxyl groups excluding tert-OH is 2. The van der Waals surface area contributed by atoms with Gasteiger partial charge in [-0.2, -0.15) is 0 Å². The highest BCUT2D eigenvalue weighted by molar-refractivity contribution is 5.70. The Kier molecular flexibility index (Phi) is 66.7. The number of hydrogen-bond donors (Lipinski definition) is 3. The molecule has 0 aromatic carbocycles. The van der Waals surface area contributed by atoms with Crippen molar-refractivity contribution in [2.24, 2.45) is 23.7 Å². The number of aliphatic carboxylic acids is 1. The van der Waals surface area contributed by atoms with Gasteiger partial charge in [0.25, 0.3) is 0 Å². The zero-order valence-corrected chi connectivity index (χ0v) is 59.6. The number of aliphatic hydroxyl groups is 2. The van der Waals surface area contributed by atoms with Gasteiger partial charge in [0.15, 0.2) is 0 Å². The van der Waals surface area contributed by atoms with Crippen LogP contribution in [0.25, 0.3) is 0 Å². The van der Waals surface area contributed by atoms with E-state index in [1.807, 2.05) is 0 Å². The van der Waals surface area contributed by atoms with E-state index in [0.29, 0.717) is 18.8 Å². The molecule has 514 valence electrons. The molecule has 1 saturated carbocycles. The lowest BCUT2D eigenvalue weighted by Crippen LogP contribution is -2.28. The summed E-state index contributed by atoms with van der Waals surface area (Å²) in [5.74, 6) is 1.26. The molecular weight excluding hydrogens is 1050 g/mol. The van der Waals surface area contributed by atoms with Crippen molar-refractivity contribution < 1.29 is 20.1 Å². The van der Waals surface area contributed by atoms with Crippen molar-refractivity contribution in [2.45, 2.75) is 495 Å². The zero-order valence-electron chi connectivity index (χ0n) is 59.6. The summed E-state index contributed by atoms with van der Waals surface area (Å²) >= 11 is 0. The molecule has 1 rings (SSSR count). The van der Waals surface area contributed by atoms with Crippen LogP contribution in [0.2, 0.25) is 0 Å². The third kappa shape index (κ3) is 60.9. The second-order valence-corrected chi connectivity index (χ2v) is 29.8. The topological polar surface area (TPSA) is 77.8 Å². The molecular formula is C82H162O4. The Balaban J connectivity index is 1.75. The number of carboxylic acid groups (broad SMARTS) is 1. The molecule has 0 aliphatic heterocycles. The standard InChI is InChI=1S/C82H162O4/c1-4-6-8-10-12-14-16-18-20-22-23-24-25-29-36-42-48-54-60-66-72-79(82(85)86)81(84)74-68-62-56-50-44-38-30-26-28-34-40-46-52-58-64-70-77-75-78(77)71-65-59-53-47-41-35-31-32-37-43-49-55-61-67-73-80(83)76(3)69-63-57-51-45-39-33-27-21-19-17-15-13-11-9-7-5-2/h76-81,83-84H,4-75H2,1-3H3,(H,85,86). The number of hydrogen-bond acceptors (Lipinski definition) is 3. The Bertz CT molecular complexity index is 1280. The molecule has 4 nitrogen and oxygen atoms in total. The Hall–Kier alpha value is -0.610. The van der Waals surface area contributed by atoms with Crippen LogP contribution in [-0.4, -0.2) is 33.5 Å². The fourth-order valence-electron chi connectivity index (χ4n) is 14.7. The predicted molar refractivity (Wildman–Crippen MR) is 383 cm³/mol. The van der Waals surface area contributed by atoms with E-state index in [1.165, 1.54) is 411 Å². The highest BCUT2D eigenvalue weighted by atomic mass is 16.4. The van der Waals surface area contributed by atoms with Gasteiger partial charge in [-0.1, -0.05) is 451 Å². The van der Waals surface area contributed by atoms with E-state index < -0.39 is 18.0 Å². The van der Waals surface area contributed by atoms with Crippen molar-refractivity contribution in [1.29, 1.82) is 0 Å². The van der Waals surface area contributed by atoms with Gasteiger partial charge >= 0.3 is 5.97 Å². The lowest BCUT2D eigenvalue weighted by molar-refractivity contribution is -0.146. The van der Waals surface area contributed by atoms with Crippen LogP contribution < -0.4 is 0 Å². The van der Waals surface area contributed by atoms with Gasteiger partial charge in [0.05, 0.1) is 18.1 Å². The van der Waals surface area contributed by atoms with Crippen molar-refractivity contribution in [3.63, 3.8) is 0 Å². The summed E-state index contributed by atoms with van der Waals surface area (Å²) in [4.78, 5) is 12.0. The van der Waals surface area contributed by atoms with Gasteiger partial charge in [-0.3, -0.25) is 4.79 Å². The molecule has 0 radical (unpaired) electrons. The molecule has 1 fully saturated rings. The molecule has 0 amide bonds. The molecule has 0 bridgehead atoms. The second-order valence-electron chi connectivity index (χ2n) is 29.8. The first-order valence-electron chi connectivity index (χ1n) is 41.0. The summed E-state index contributed by atoms with van der Waals surface area (Å²) in [6.45, 7) is 6.89. The fraction of sp³-hybridized carbons (Fsp3) is 0.988. The van der Waals surface area contributed by atoms with Crippen molar-refractivity contribution >= 4 is 5.97 Å². The van der Waals surface area contributed by atoms with Crippen molar-refractivity contribution in [3.8, 4) is 0 Å². The Labute approximate surface area is 542 Å². The second kappa shape index (κ2) is 68.7. The van der Waals surface area contributed by atoms with E-state index in [-0.39, 0.29) is 6.10 Å². The van der Waals surface area contributed by atoms with Gasteiger partial charge in [-0.25, -0.2) is 0 Å². The molecule has 0 aromatic heterocycles. The molecule has 3 N–H and O–H groups in total. The number of unbranched alkanes of at least 4 members (excludes halogenated alkanes) is 61. The van der Waals surface area contributed by atoms with Crippen LogP contribution in [0.4, 0.5) is 0 Å². The van der Waals surface area contributed by atoms with Crippen LogP contribution in [-0.2, 0) is 4.79 Å². The average molecular weight is 1210 g/mol. The third-order valence-corrected chi connectivity index (χ3v) is 21.3. The van der Waals surface area contributed by atoms with Crippen LogP contribution in [0.5, 0.6) is 0 Å². The maximum Gasteiger partial charge on any atom is 0.309 e. The summed E-state index contributed by atoms with van der Waals surface area (Å²) in [6.07, 6.45) is 97.3. The zero-order chi connectivity index (χ0) is 62.0. The smallest absolute Gasteiger partial charge is 0.309 e. The van der Waals surface area contributed by atoms with Crippen molar-refractivity contribution in [2.75, 3.05) is 0 Å². The molecule has 0 spiro atoms. The fourth-order valence-corrected chi connectivity index (χ4v) is 14.7. The Morgan fingerprint density at radius 2 is 0.453 bits per heavy atom. The van der Waals surface area contributed by atoms with Gasteiger partial charge in [0.2, 0.25) is 0 Å². The average Bonchev–Trinajstić information content (AvgIpc) is 4.49. The van der Waals surface area contributed by atoms with Crippen LogP contribution in [0.1, 0.15) is 483 Å². The van der Waals surface area contributed by atoms with E-state index >= 15 is 0 Å². The van der Waals surface area contributed by atoms with Crippen molar-refractivity contribution in [3.05, 3.63) is 0 Å². The SMILES string of the molecule is CCCCCCCCCCCCCCCCCCCCCCC(C(=O)O)C(O)CCCCCCCCCCCCCCCCCC1CC1CCCCCCCCCCCCCCCCC(O)C(C)CCCCCCCCCCCCCCCCCC. The van der Waals surface area contributed by atoms with Gasteiger partial charge in [0, 0.05) is 0 Å². The summed E-state index contributed by atoms with van der Waals surface area (Å²) < 4.78 is 0. The quantitative estimate of drug-likeness (QED) is 0.0530. The molecule has 1 aliphatic rings. The largest absolute Gasteiger partial charge is 0.481 e. The van der Waals surface area contributed by atoms with Crippen LogP contribution >= 0.6 is 0 Å². The van der Waals surface area contributed by atoms with Gasteiger partial charge in [0.1, 0.15) is 0 Å². The molecule has 6 atom stereocenters. The minimum absolute atomic E-state index is 0.0804. The van der Waals surface area contributed by atoms with Crippen LogP contribution in [0.15, 0.2) is 0 Å². The summed E-state index contributed by atoms with van der Waals surface area (Å²) in [7, 11) is 0. The van der Waals surface area contributed by atoms with E-state index in [2.05, 4.69) is 20.8 Å². The normalized spacial score (nSPS) is 15.6. The molecule has 0 heterocycles. The molecule has 0 saturated heterocycles. The maximum absolute atomic E-state index is 12.0. The minimum Gasteiger partial charge on any atom is -0.481 e. The predicted octanol–water partition coefficient (Wildman–Crippen LogP) is 28.4. The minimum atomic E-state index is -0.800. The monoisotopic (exact) mass is 1210 g/mol. The molecule has 6 unspecified atom stereocenters. The van der Waals surface area contributed by atoms with E-state index in [1.54, 1.807) is 6.42 Å². The van der Waals surface area contributed by atoms with Gasteiger partial charge in [-0.15, -0.1) is 0 Å². The van der Waals surface area contributed by atoms with Crippen molar-refractivity contribution in [1.82, 2.24) is 0 Å². The first-order valence-corrected chi connectivity index (χ1v) is 41.0. The maximum atomic E-state index is 12.0. The number of rotatable bonds is 76. The molecule has 4 heteroatoms. The Morgan fingerprint density at radius 3 is 0.686 bits per heavy atom.